The Bertz CT molecular complexity index is 350. The van der Waals surface area contributed by atoms with Gasteiger partial charge in [0.25, 0.3) is 0 Å². The fourth-order valence-corrected chi connectivity index (χ4v) is 1.92. The van der Waals surface area contributed by atoms with Gasteiger partial charge < -0.3 is 10.4 Å². The van der Waals surface area contributed by atoms with Gasteiger partial charge >= 0.3 is 5.97 Å². The molecule has 3 nitrogen and oxygen atoms in total. The van der Waals surface area contributed by atoms with Crippen molar-refractivity contribution in [2.75, 3.05) is 5.32 Å². The number of benzene rings is 1. The van der Waals surface area contributed by atoms with Crippen molar-refractivity contribution >= 4 is 11.7 Å². The van der Waals surface area contributed by atoms with E-state index in [0.717, 1.165) is 18.5 Å². The number of carbonyl (C=O) groups is 1. The van der Waals surface area contributed by atoms with Gasteiger partial charge in [-0.05, 0) is 25.0 Å². The summed E-state index contributed by atoms with van der Waals surface area (Å²) in [5, 5.41) is 12.6. The van der Waals surface area contributed by atoms with Crippen molar-refractivity contribution in [2.45, 2.75) is 45.1 Å². The largest absolute Gasteiger partial charge is 0.480 e. The van der Waals surface area contributed by atoms with Crippen LogP contribution in [-0.4, -0.2) is 16.6 Å². The van der Waals surface area contributed by atoms with E-state index >= 15 is 0 Å². The van der Waals surface area contributed by atoms with Gasteiger partial charge in [-0.25, -0.2) is 4.79 Å². The lowest BCUT2D eigenvalue weighted by molar-refractivity contribution is -0.142. The highest BCUT2D eigenvalue weighted by molar-refractivity contribution is 5.82. The summed E-state index contributed by atoms with van der Waals surface area (Å²) in [4.78, 5) is 11.5. The second-order valence-corrected chi connectivity index (χ2v) is 4.34. The number of nitrogens with one attached hydrogen (secondary N) is 1. The average Bonchev–Trinajstić information content (AvgIpc) is 2.35. The minimum Gasteiger partial charge on any atom is -0.480 e. The van der Waals surface area contributed by atoms with Crippen molar-refractivity contribution in [3.8, 4) is 0 Å². The summed E-state index contributed by atoms with van der Waals surface area (Å²) >= 11 is 0. The highest BCUT2D eigenvalue weighted by atomic mass is 16.4. The minimum absolute atomic E-state index is 0.581. The van der Waals surface area contributed by atoms with Gasteiger partial charge in [0.1, 0.15) is 5.54 Å². The summed E-state index contributed by atoms with van der Waals surface area (Å²) in [6, 6.07) is 9.54. The molecule has 2 N–H and O–H groups in total. The molecule has 0 aliphatic heterocycles. The predicted molar refractivity (Wildman–Crippen MR) is 70.2 cm³/mol. The maximum atomic E-state index is 11.5. The molecule has 1 atom stereocenters. The monoisotopic (exact) mass is 235 g/mol. The number of carboxylic acids is 1. The summed E-state index contributed by atoms with van der Waals surface area (Å²) < 4.78 is 0. The first kappa shape index (κ1) is 13.6. The number of aliphatic carboxylic acids is 1. The van der Waals surface area contributed by atoms with E-state index in [1.807, 2.05) is 37.3 Å². The number of carboxylic acid groups (broad SMARTS) is 1. The van der Waals surface area contributed by atoms with Crippen molar-refractivity contribution in [3.05, 3.63) is 30.3 Å². The summed E-state index contributed by atoms with van der Waals surface area (Å²) in [5.74, 6) is -0.766. The second kappa shape index (κ2) is 6.28. The maximum absolute atomic E-state index is 11.5. The molecule has 0 saturated carbocycles. The van der Waals surface area contributed by atoms with Gasteiger partial charge in [-0.15, -0.1) is 0 Å². The Morgan fingerprint density at radius 3 is 2.41 bits per heavy atom. The molecule has 3 heteroatoms. The number of unbranched alkanes of at least 4 members (excludes halogenated alkanes) is 1. The Morgan fingerprint density at radius 2 is 1.94 bits per heavy atom. The molecule has 1 unspecified atom stereocenters. The lowest BCUT2D eigenvalue weighted by Crippen LogP contribution is -2.45. The van der Waals surface area contributed by atoms with Crippen LogP contribution in [0.2, 0.25) is 0 Å². The Labute approximate surface area is 103 Å². The molecule has 94 valence electrons. The fourth-order valence-electron chi connectivity index (χ4n) is 1.92. The van der Waals surface area contributed by atoms with Crippen LogP contribution < -0.4 is 5.32 Å². The van der Waals surface area contributed by atoms with Crippen LogP contribution in [0.25, 0.3) is 0 Å². The molecule has 0 amide bonds. The standard InChI is InChI=1S/C14H21NO2/c1-3-5-11-14(4-2,13(16)17)15-12-9-7-6-8-10-12/h6-10,15H,3-5,11H2,1-2H3,(H,16,17). The maximum Gasteiger partial charge on any atom is 0.329 e. The number of rotatable bonds is 7. The van der Waals surface area contributed by atoms with E-state index in [-0.39, 0.29) is 0 Å². The molecule has 0 radical (unpaired) electrons. The molecule has 1 rings (SSSR count). The normalized spacial score (nSPS) is 14.0. The van der Waals surface area contributed by atoms with Crippen molar-refractivity contribution in [1.29, 1.82) is 0 Å². The molecule has 0 fully saturated rings. The highest BCUT2D eigenvalue weighted by Crippen LogP contribution is 2.24. The Balaban J connectivity index is 2.86. The van der Waals surface area contributed by atoms with E-state index in [0.29, 0.717) is 12.8 Å². The van der Waals surface area contributed by atoms with Gasteiger partial charge in [-0.2, -0.15) is 0 Å². The van der Waals surface area contributed by atoms with E-state index < -0.39 is 11.5 Å². The van der Waals surface area contributed by atoms with E-state index in [9.17, 15) is 9.90 Å². The topological polar surface area (TPSA) is 49.3 Å². The van der Waals surface area contributed by atoms with E-state index in [2.05, 4.69) is 12.2 Å². The molecule has 0 spiro atoms. The first-order valence-corrected chi connectivity index (χ1v) is 6.21. The second-order valence-electron chi connectivity index (χ2n) is 4.34. The van der Waals surface area contributed by atoms with E-state index in [4.69, 9.17) is 0 Å². The summed E-state index contributed by atoms with van der Waals surface area (Å²) in [7, 11) is 0. The smallest absolute Gasteiger partial charge is 0.329 e. The molecule has 17 heavy (non-hydrogen) atoms. The van der Waals surface area contributed by atoms with Gasteiger partial charge in [0.05, 0.1) is 0 Å². The van der Waals surface area contributed by atoms with Crippen molar-refractivity contribution in [2.24, 2.45) is 0 Å². The number of para-hydroxylation sites is 1. The van der Waals surface area contributed by atoms with Crippen LogP contribution >= 0.6 is 0 Å². The van der Waals surface area contributed by atoms with Gasteiger partial charge in [0, 0.05) is 5.69 Å². The lowest BCUT2D eigenvalue weighted by atomic mass is 9.89. The Morgan fingerprint density at radius 1 is 1.29 bits per heavy atom. The van der Waals surface area contributed by atoms with Crippen molar-refractivity contribution in [3.63, 3.8) is 0 Å². The zero-order valence-corrected chi connectivity index (χ0v) is 10.6. The van der Waals surface area contributed by atoms with E-state index in [1.165, 1.54) is 0 Å². The fraction of sp³-hybridized carbons (Fsp3) is 0.500. The quantitative estimate of drug-likeness (QED) is 0.760. The number of anilines is 1. The number of hydrogen-bond acceptors (Lipinski definition) is 2. The van der Waals surface area contributed by atoms with Crippen LogP contribution in [0.4, 0.5) is 5.69 Å². The van der Waals surface area contributed by atoms with Crippen LogP contribution in [0.15, 0.2) is 30.3 Å². The van der Waals surface area contributed by atoms with Gasteiger partial charge in [0.15, 0.2) is 0 Å². The summed E-state index contributed by atoms with van der Waals surface area (Å²) in [6.07, 6.45) is 3.16. The summed E-state index contributed by atoms with van der Waals surface area (Å²) in [6.45, 7) is 3.99. The third kappa shape index (κ3) is 3.48. The van der Waals surface area contributed by atoms with Crippen LogP contribution in [0.5, 0.6) is 0 Å². The SMILES string of the molecule is CCCCC(CC)(Nc1ccccc1)C(=O)O. The molecular weight excluding hydrogens is 214 g/mol. The first-order chi connectivity index (χ1) is 8.14. The van der Waals surface area contributed by atoms with Crippen LogP contribution in [0.1, 0.15) is 39.5 Å². The molecule has 0 bridgehead atoms. The van der Waals surface area contributed by atoms with Crippen molar-refractivity contribution < 1.29 is 9.90 Å². The zero-order valence-electron chi connectivity index (χ0n) is 10.6. The third-order valence-corrected chi connectivity index (χ3v) is 3.13. The molecule has 0 saturated heterocycles. The Hall–Kier alpha value is -1.51. The predicted octanol–water partition coefficient (Wildman–Crippen LogP) is 3.52. The van der Waals surface area contributed by atoms with Crippen LogP contribution in [0, 0.1) is 0 Å². The first-order valence-electron chi connectivity index (χ1n) is 6.21. The van der Waals surface area contributed by atoms with Crippen molar-refractivity contribution in [1.82, 2.24) is 0 Å². The molecule has 1 aromatic carbocycles. The minimum atomic E-state index is -0.836. The van der Waals surface area contributed by atoms with E-state index in [1.54, 1.807) is 0 Å². The molecule has 0 aromatic heterocycles. The Kier molecular flexibility index (Phi) is 5.01. The molecule has 0 heterocycles. The summed E-state index contributed by atoms with van der Waals surface area (Å²) in [5.41, 5.74) is 0.0324. The zero-order chi connectivity index (χ0) is 12.7. The molecular formula is C14H21NO2. The molecule has 1 aromatic rings. The average molecular weight is 235 g/mol. The third-order valence-electron chi connectivity index (χ3n) is 3.13. The van der Waals surface area contributed by atoms with Gasteiger partial charge in [-0.3, -0.25) is 0 Å². The van der Waals surface area contributed by atoms with Crippen LogP contribution in [0.3, 0.4) is 0 Å². The van der Waals surface area contributed by atoms with Gasteiger partial charge in [0.2, 0.25) is 0 Å². The molecule has 0 aliphatic rings. The van der Waals surface area contributed by atoms with Crippen LogP contribution in [-0.2, 0) is 4.79 Å². The van der Waals surface area contributed by atoms with Gasteiger partial charge in [-0.1, -0.05) is 44.9 Å². The molecule has 0 aliphatic carbocycles. The lowest BCUT2D eigenvalue weighted by Gasteiger charge is -2.30. The number of hydrogen-bond donors (Lipinski definition) is 2. The highest BCUT2D eigenvalue weighted by Gasteiger charge is 2.35.